The molecule has 0 saturated carbocycles. The molecule has 0 saturated heterocycles. The van der Waals surface area contributed by atoms with Crippen molar-refractivity contribution in [3.63, 3.8) is 0 Å². The summed E-state index contributed by atoms with van der Waals surface area (Å²) < 4.78 is 57.0. The molecule has 0 unspecified atom stereocenters. The number of fused-ring (bicyclic) bond motifs is 1. The summed E-state index contributed by atoms with van der Waals surface area (Å²) in [6, 6.07) is 5.46. The molecule has 1 aromatic heterocycles. The third-order valence-corrected chi connectivity index (χ3v) is 4.16. The van der Waals surface area contributed by atoms with Crippen LogP contribution in [-0.2, 0) is 0 Å². The van der Waals surface area contributed by atoms with Crippen LogP contribution in [0.1, 0.15) is 17.8 Å². The Morgan fingerprint density at radius 3 is 1.37 bits per heavy atom. The SMILES string of the molecule is O=c1n(-c2cc(F)cc(F)c2)c2c(n1-c1cc(F)cc(F)c1)C=CCC=C2. The summed E-state index contributed by atoms with van der Waals surface area (Å²) >= 11 is 0. The second-order valence-electron chi connectivity index (χ2n) is 6.02. The van der Waals surface area contributed by atoms with E-state index in [1.54, 1.807) is 24.3 Å². The smallest absolute Gasteiger partial charge is 0.260 e. The van der Waals surface area contributed by atoms with Gasteiger partial charge in [-0.1, -0.05) is 12.2 Å². The highest BCUT2D eigenvalue weighted by Gasteiger charge is 2.21. The van der Waals surface area contributed by atoms with Crippen LogP contribution in [0, 0.1) is 23.3 Å². The molecule has 0 fully saturated rings. The van der Waals surface area contributed by atoms with E-state index < -0.39 is 29.0 Å². The lowest BCUT2D eigenvalue weighted by Crippen LogP contribution is -2.23. The van der Waals surface area contributed by atoms with E-state index in [-0.39, 0.29) is 11.4 Å². The van der Waals surface area contributed by atoms with Crippen molar-refractivity contribution in [1.29, 1.82) is 0 Å². The summed E-state index contributed by atoms with van der Waals surface area (Å²) in [6.07, 6.45) is 7.37. The summed E-state index contributed by atoms with van der Waals surface area (Å²) in [7, 11) is 0. The fraction of sp³-hybridized carbons (Fsp3) is 0.0500. The molecule has 0 spiro atoms. The van der Waals surface area contributed by atoms with Gasteiger partial charge in [0.05, 0.1) is 22.8 Å². The van der Waals surface area contributed by atoms with Gasteiger partial charge in [0.2, 0.25) is 0 Å². The number of hydrogen-bond donors (Lipinski definition) is 0. The lowest BCUT2D eigenvalue weighted by atomic mass is 10.2. The number of rotatable bonds is 2. The van der Waals surface area contributed by atoms with Crippen molar-refractivity contribution >= 4 is 12.2 Å². The Bertz CT molecular complexity index is 1040. The Kier molecular flexibility index (Phi) is 4.07. The molecule has 1 aliphatic rings. The molecule has 0 aliphatic heterocycles. The topological polar surface area (TPSA) is 26.9 Å². The highest BCUT2D eigenvalue weighted by atomic mass is 19.1. The first kappa shape index (κ1) is 17.1. The van der Waals surface area contributed by atoms with E-state index >= 15 is 0 Å². The van der Waals surface area contributed by atoms with Gasteiger partial charge in [-0.3, -0.25) is 9.13 Å². The van der Waals surface area contributed by atoms with Crippen molar-refractivity contribution in [2.24, 2.45) is 0 Å². The van der Waals surface area contributed by atoms with Crippen LogP contribution in [0.5, 0.6) is 0 Å². The Morgan fingerprint density at radius 1 is 0.630 bits per heavy atom. The van der Waals surface area contributed by atoms with Crippen LogP contribution in [0.4, 0.5) is 17.6 Å². The zero-order valence-electron chi connectivity index (χ0n) is 13.8. The molecule has 136 valence electrons. The molecule has 0 N–H and O–H groups in total. The summed E-state index contributed by atoms with van der Waals surface area (Å²) in [5.74, 6) is -3.38. The molecule has 3 aromatic rings. The number of nitrogens with zero attached hydrogens (tertiary/aromatic N) is 2. The van der Waals surface area contributed by atoms with Gasteiger partial charge in [-0.05, 0) is 42.8 Å². The van der Waals surface area contributed by atoms with Crippen LogP contribution in [0.2, 0.25) is 0 Å². The van der Waals surface area contributed by atoms with Crippen LogP contribution < -0.4 is 5.69 Å². The summed E-state index contributed by atoms with van der Waals surface area (Å²) in [5.41, 5.74) is -0.0494. The van der Waals surface area contributed by atoms with Gasteiger partial charge >= 0.3 is 5.69 Å². The van der Waals surface area contributed by atoms with Crippen molar-refractivity contribution in [2.45, 2.75) is 6.42 Å². The zero-order valence-corrected chi connectivity index (χ0v) is 13.8. The molecule has 1 heterocycles. The predicted octanol–water partition coefficient (Wildman–Crippen LogP) is 4.61. The lowest BCUT2D eigenvalue weighted by Gasteiger charge is -2.05. The highest BCUT2D eigenvalue weighted by molar-refractivity contribution is 5.67. The molecular formula is C20H12F4N2O. The van der Waals surface area contributed by atoms with Crippen molar-refractivity contribution in [3.05, 3.63) is 93.7 Å². The zero-order chi connectivity index (χ0) is 19.1. The van der Waals surface area contributed by atoms with Crippen LogP contribution in [-0.4, -0.2) is 9.13 Å². The number of aromatic nitrogens is 2. The van der Waals surface area contributed by atoms with Crippen molar-refractivity contribution in [3.8, 4) is 11.4 Å². The summed E-state index contributed by atoms with van der Waals surface area (Å²) in [4.78, 5) is 13.1. The third kappa shape index (κ3) is 3.01. The van der Waals surface area contributed by atoms with E-state index in [4.69, 9.17) is 0 Å². The third-order valence-electron chi connectivity index (χ3n) is 4.16. The van der Waals surface area contributed by atoms with Gasteiger partial charge in [0.15, 0.2) is 0 Å². The van der Waals surface area contributed by atoms with Gasteiger partial charge in [0, 0.05) is 12.1 Å². The molecular weight excluding hydrogens is 360 g/mol. The van der Waals surface area contributed by atoms with Gasteiger partial charge in [-0.15, -0.1) is 0 Å². The van der Waals surface area contributed by atoms with Gasteiger partial charge in [0.25, 0.3) is 0 Å². The van der Waals surface area contributed by atoms with Crippen molar-refractivity contribution < 1.29 is 17.6 Å². The fourth-order valence-corrected chi connectivity index (χ4v) is 3.13. The van der Waals surface area contributed by atoms with Gasteiger partial charge in [-0.25, -0.2) is 22.4 Å². The largest absolute Gasteiger partial charge is 0.338 e. The van der Waals surface area contributed by atoms with Crippen LogP contribution in [0.15, 0.2) is 53.3 Å². The van der Waals surface area contributed by atoms with E-state index in [0.29, 0.717) is 29.9 Å². The van der Waals surface area contributed by atoms with E-state index in [0.717, 1.165) is 33.4 Å². The van der Waals surface area contributed by atoms with Gasteiger partial charge in [0.1, 0.15) is 23.3 Å². The number of hydrogen-bond acceptors (Lipinski definition) is 1. The molecule has 0 bridgehead atoms. The van der Waals surface area contributed by atoms with Crippen LogP contribution in [0.25, 0.3) is 23.5 Å². The molecule has 0 amide bonds. The van der Waals surface area contributed by atoms with Crippen LogP contribution >= 0.6 is 0 Å². The van der Waals surface area contributed by atoms with E-state index in [1.165, 1.54) is 0 Å². The molecule has 4 rings (SSSR count). The second kappa shape index (κ2) is 6.42. The molecule has 2 aromatic carbocycles. The average Bonchev–Trinajstić information content (AvgIpc) is 2.70. The minimum atomic E-state index is -0.844. The van der Waals surface area contributed by atoms with Crippen LogP contribution in [0.3, 0.4) is 0 Å². The fourth-order valence-electron chi connectivity index (χ4n) is 3.13. The summed E-state index contributed by atoms with van der Waals surface area (Å²) in [6.45, 7) is 0. The van der Waals surface area contributed by atoms with Gasteiger partial charge in [-0.2, -0.15) is 0 Å². The van der Waals surface area contributed by atoms with E-state index in [2.05, 4.69) is 0 Å². The molecule has 27 heavy (non-hydrogen) atoms. The maximum atomic E-state index is 13.7. The molecule has 7 heteroatoms. The number of imidazole rings is 1. The minimum absolute atomic E-state index is 0.0238. The van der Waals surface area contributed by atoms with E-state index in [1.807, 2.05) is 0 Å². The van der Waals surface area contributed by atoms with E-state index in [9.17, 15) is 22.4 Å². The quantitative estimate of drug-likeness (QED) is 0.604. The maximum Gasteiger partial charge on any atom is 0.338 e. The highest BCUT2D eigenvalue weighted by Crippen LogP contribution is 2.24. The molecule has 3 nitrogen and oxygen atoms in total. The predicted molar refractivity (Wildman–Crippen MR) is 93.9 cm³/mol. The monoisotopic (exact) mass is 372 g/mol. The lowest BCUT2D eigenvalue weighted by molar-refractivity contribution is 0.581. The molecule has 0 atom stereocenters. The normalized spacial score (nSPS) is 12.9. The number of benzene rings is 2. The second-order valence-corrected chi connectivity index (χ2v) is 6.02. The Hall–Kier alpha value is -3.35. The Labute approximate surface area is 151 Å². The van der Waals surface area contributed by atoms with Crippen molar-refractivity contribution in [2.75, 3.05) is 0 Å². The number of halogens is 4. The van der Waals surface area contributed by atoms with Crippen molar-refractivity contribution in [1.82, 2.24) is 9.13 Å². The maximum absolute atomic E-state index is 13.7. The average molecular weight is 372 g/mol. The Balaban J connectivity index is 2.09. The van der Waals surface area contributed by atoms with Gasteiger partial charge < -0.3 is 0 Å². The standard InChI is InChI=1S/C20H12F4N2O/c21-12-6-13(22)9-16(8-12)25-18-4-2-1-3-5-19(18)26(20(25)27)17-10-14(23)7-15(24)11-17/h2-11H,1H2. The Morgan fingerprint density at radius 2 is 1.00 bits per heavy atom. The first-order valence-electron chi connectivity index (χ1n) is 8.08. The number of allylic oxidation sites excluding steroid dienone is 2. The minimum Gasteiger partial charge on any atom is -0.260 e. The summed E-state index contributed by atoms with van der Waals surface area (Å²) in [5, 5.41) is 0. The first-order valence-corrected chi connectivity index (χ1v) is 8.08. The molecule has 1 aliphatic carbocycles. The first-order chi connectivity index (χ1) is 12.9. The molecule has 0 radical (unpaired) electrons.